The molecule has 0 radical (unpaired) electrons. The lowest BCUT2D eigenvalue weighted by molar-refractivity contribution is 0.886. The van der Waals surface area contributed by atoms with Crippen LogP contribution in [0.2, 0.25) is 0 Å². The lowest BCUT2D eigenvalue weighted by Crippen LogP contribution is -1.60. The normalized spacial score (nSPS) is 9.92. The van der Waals surface area contributed by atoms with E-state index >= 15 is 0 Å². The molecule has 0 N–H and O–H groups in total. The van der Waals surface area contributed by atoms with Crippen LogP contribution in [0, 0.1) is 0 Å². The first kappa shape index (κ1) is 18.3. The summed E-state index contributed by atoms with van der Waals surface area (Å²) in [5.41, 5.74) is 1.32. The van der Waals surface area contributed by atoms with Crippen LogP contribution in [0.25, 0.3) is 0 Å². The van der Waals surface area contributed by atoms with Gasteiger partial charge < -0.3 is 0 Å². The monoisotopic (exact) mass is 184 g/mol. The third kappa shape index (κ3) is 34.4. The summed E-state index contributed by atoms with van der Waals surface area (Å²) in [4.78, 5) is 0. The minimum atomic E-state index is 1.32. The molecule has 0 fully saturated rings. The van der Waals surface area contributed by atoms with Crippen LogP contribution < -0.4 is 0 Å². The van der Waals surface area contributed by atoms with Crippen molar-refractivity contribution in [2.75, 3.05) is 0 Å². The zero-order valence-electron chi connectivity index (χ0n) is 10.6. The molecular formula is C13H28. The Kier molecular flexibility index (Phi) is 31.7. The predicted octanol–water partition coefficient (Wildman–Crippen LogP) is 5.36. The van der Waals surface area contributed by atoms with Crippen LogP contribution in [0.5, 0.6) is 0 Å². The standard InChI is InChI=1S/C7H12.C4H10.C2H6/c1-4-6-7(3)5-2;1-3-4-2;1-2/h4-6H,1-3H3;3-4H2,1-2H3;1-2H3/b6-4-,7-5-;;. The molecule has 13 heavy (non-hydrogen) atoms. The van der Waals surface area contributed by atoms with E-state index in [0.717, 1.165) is 0 Å². The molecule has 0 amide bonds. The van der Waals surface area contributed by atoms with Crippen molar-refractivity contribution in [2.24, 2.45) is 0 Å². The van der Waals surface area contributed by atoms with E-state index < -0.39 is 0 Å². The van der Waals surface area contributed by atoms with Gasteiger partial charge in [-0.15, -0.1) is 0 Å². The highest BCUT2D eigenvalue weighted by Gasteiger charge is 1.69. The lowest BCUT2D eigenvalue weighted by Gasteiger charge is -1.81. The number of hydrogen-bond acceptors (Lipinski definition) is 0. The summed E-state index contributed by atoms with van der Waals surface area (Å²) in [6.45, 7) is 14.5. The molecule has 0 bridgehead atoms. The largest absolute Gasteiger partial charge is 0.0874 e. The summed E-state index contributed by atoms with van der Waals surface area (Å²) < 4.78 is 0. The molecule has 0 atom stereocenters. The van der Waals surface area contributed by atoms with Crippen LogP contribution in [-0.2, 0) is 0 Å². The first-order valence-electron chi connectivity index (χ1n) is 5.48. The fourth-order valence-corrected chi connectivity index (χ4v) is 0.359. The van der Waals surface area contributed by atoms with Crippen molar-refractivity contribution in [2.45, 2.75) is 61.3 Å². The molecule has 0 aromatic rings. The third-order valence-electron chi connectivity index (χ3n) is 1.38. The molecule has 80 valence electrons. The van der Waals surface area contributed by atoms with Gasteiger partial charge in [0.15, 0.2) is 0 Å². The SMILES string of the molecule is C/C=C\C(C)=C/C.CC.CCCC. The maximum absolute atomic E-state index is 2.18. The van der Waals surface area contributed by atoms with Gasteiger partial charge in [-0.05, 0) is 20.8 Å². The van der Waals surface area contributed by atoms with Crippen molar-refractivity contribution in [3.05, 3.63) is 23.8 Å². The molecule has 0 aliphatic carbocycles. The maximum atomic E-state index is 2.18. The average Bonchev–Trinajstić information content (AvgIpc) is 2.21. The van der Waals surface area contributed by atoms with Crippen LogP contribution >= 0.6 is 0 Å². The van der Waals surface area contributed by atoms with Crippen molar-refractivity contribution >= 4 is 0 Å². The fraction of sp³-hybridized carbons (Fsp3) is 0.692. The Balaban J connectivity index is -0.000000142. The molecule has 0 aliphatic rings. The molecule has 0 nitrogen and oxygen atoms in total. The average molecular weight is 184 g/mol. The summed E-state index contributed by atoms with van der Waals surface area (Å²) in [6, 6.07) is 0. The molecule has 0 rings (SSSR count). The molecule has 0 heteroatoms. The molecule has 0 heterocycles. The first-order chi connectivity index (χ1) is 6.22. The summed E-state index contributed by atoms with van der Waals surface area (Å²) in [5, 5.41) is 0. The third-order valence-corrected chi connectivity index (χ3v) is 1.38. The predicted molar refractivity (Wildman–Crippen MR) is 66.2 cm³/mol. The van der Waals surface area contributed by atoms with Crippen molar-refractivity contribution in [1.29, 1.82) is 0 Å². The summed E-state index contributed by atoms with van der Waals surface area (Å²) in [7, 11) is 0. The highest BCUT2D eigenvalue weighted by Crippen LogP contribution is 1.91. The quantitative estimate of drug-likeness (QED) is 0.507. The van der Waals surface area contributed by atoms with Crippen LogP contribution in [0.15, 0.2) is 23.8 Å². The van der Waals surface area contributed by atoms with Gasteiger partial charge in [0.2, 0.25) is 0 Å². The number of rotatable bonds is 2. The molecular weight excluding hydrogens is 156 g/mol. The van der Waals surface area contributed by atoms with Gasteiger partial charge in [0.25, 0.3) is 0 Å². The molecule has 0 unspecified atom stereocenters. The van der Waals surface area contributed by atoms with Crippen LogP contribution in [-0.4, -0.2) is 0 Å². The van der Waals surface area contributed by atoms with E-state index in [1.54, 1.807) is 0 Å². The van der Waals surface area contributed by atoms with E-state index in [0.29, 0.717) is 0 Å². The van der Waals surface area contributed by atoms with Gasteiger partial charge in [-0.2, -0.15) is 0 Å². The van der Waals surface area contributed by atoms with E-state index in [-0.39, 0.29) is 0 Å². The van der Waals surface area contributed by atoms with E-state index in [2.05, 4.69) is 32.9 Å². The number of unbranched alkanes of at least 4 members (excludes halogenated alkanes) is 1. The Morgan fingerprint density at radius 2 is 1.38 bits per heavy atom. The Hall–Kier alpha value is -0.520. The molecule has 0 aromatic carbocycles. The summed E-state index contributed by atoms with van der Waals surface area (Å²) in [6.07, 6.45) is 8.84. The van der Waals surface area contributed by atoms with Crippen molar-refractivity contribution < 1.29 is 0 Å². The first-order valence-corrected chi connectivity index (χ1v) is 5.48. The van der Waals surface area contributed by atoms with Crippen LogP contribution in [0.3, 0.4) is 0 Å². The minimum absolute atomic E-state index is 1.32. The Morgan fingerprint density at radius 1 is 1.00 bits per heavy atom. The smallest absolute Gasteiger partial charge is 0.0401 e. The van der Waals surface area contributed by atoms with Gasteiger partial charge in [0.1, 0.15) is 0 Å². The van der Waals surface area contributed by atoms with E-state index in [1.807, 2.05) is 33.8 Å². The van der Waals surface area contributed by atoms with Gasteiger partial charge in [0.05, 0.1) is 0 Å². The second kappa shape index (κ2) is 22.5. The Bertz CT molecular complexity index is 105. The summed E-state index contributed by atoms with van der Waals surface area (Å²) >= 11 is 0. The van der Waals surface area contributed by atoms with Crippen LogP contribution in [0.4, 0.5) is 0 Å². The molecule has 0 aromatic heterocycles. The molecule has 0 aliphatic heterocycles. The van der Waals surface area contributed by atoms with E-state index in [1.165, 1.54) is 18.4 Å². The topological polar surface area (TPSA) is 0 Å². The van der Waals surface area contributed by atoms with Gasteiger partial charge >= 0.3 is 0 Å². The minimum Gasteiger partial charge on any atom is -0.0874 e. The highest BCUT2D eigenvalue weighted by atomic mass is 13.8. The lowest BCUT2D eigenvalue weighted by atomic mass is 10.3. The maximum Gasteiger partial charge on any atom is -0.0401 e. The van der Waals surface area contributed by atoms with Crippen LogP contribution in [0.1, 0.15) is 61.3 Å². The van der Waals surface area contributed by atoms with E-state index in [4.69, 9.17) is 0 Å². The second-order valence-electron chi connectivity index (χ2n) is 2.53. The van der Waals surface area contributed by atoms with Crippen molar-refractivity contribution in [1.82, 2.24) is 0 Å². The second-order valence-corrected chi connectivity index (χ2v) is 2.53. The highest BCUT2D eigenvalue weighted by molar-refractivity contribution is 5.13. The number of hydrogen-bond donors (Lipinski definition) is 0. The molecule has 0 saturated carbocycles. The van der Waals surface area contributed by atoms with E-state index in [9.17, 15) is 0 Å². The molecule has 0 spiro atoms. The van der Waals surface area contributed by atoms with Gasteiger partial charge in [-0.1, -0.05) is 64.3 Å². The van der Waals surface area contributed by atoms with Gasteiger partial charge in [-0.3, -0.25) is 0 Å². The zero-order valence-corrected chi connectivity index (χ0v) is 10.6. The fourth-order valence-electron chi connectivity index (χ4n) is 0.359. The van der Waals surface area contributed by atoms with Gasteiger partial charge in [0, 0.05) is 0 Å². The Labute approximate surface area is 85.8 Å². The van der Waals surface area contributed by atoms with Crippen molar-refractivity contribution in [3.63, 3.8) is 0 Å². The van der Waals surface area contributed by atoms with Gasteiger partial charge in [-0.25, -0.2) is 0 Å². The molecule has 0 saturated heterocycles. The zero-order chi connectivity index (χ0) is 11.1. The van der Waals surface area contributed by atoms with Crippen molar-refractivity contribution in [3.8, 4) is 0 Å². The number of allylic oxidation sites excluding steroid dienone is 4. The Morgan fingerprint density at radius 3 is 1.46 bits per heavy atom. The summed E-state index contributed by atoms with van der Waals surface area (Å²) in [5.74, 6) is 0.